The van der Waals surface area contributed by atoms with Gasteiger partial charge in [0, 0.05) is 12.0 Å². The summed E-state index contributed by atoms with van der Waals surface area (Å²) in [5.74, 6) is -0.0667. The van der Waals surface area contributed by atoms with Crippen molar-refractivity contribution in [1.29, 1.82) is 0 Å². The fourth-order valence-corrected chi connectivity index (χ4v) is 2.45. The average Bonchev–Trinajstić information content (AvgIpc) is 2.50. The van der Waals surface area contributed by atoms with Gasteiger partial charge in [0.1, 0.15) is 0 Å². The van der Waals surface area contributed by atoms with Crippen molar-refractivity contribution in [3.05, 3.63) is 33.8 Å². The summed E-state index contributed by atoms with van der Waals surface area (Å²) >= 11 is 11.9. The molecule has 22 heavy (non-hydrogen) atoms. The second-order valence-corrected chi connectivity index (χ2v) is 6.09. The smallest absolute Gasteiger partial charge is 0.240 e. The molecule has 0 unspecified atom stereocenters. The van der Waals surface area contributed by atoms with E-state index in [9.17, 15) is 4.79 Å². The average molecular weight is 343 g/mol. The van der Waals surface area contributed by atoms with Gasteiger partial charge in [-0.05, 0) is 12.5 Å². The molecule has 1 aromatic carbocycles. The first-order chi connectivity index (χ1) is 10.6. The van der Waals surface area contributed by atoms with Crippen molar-refractivity contribution in [3.63, 3.8) is 0 Å². The topological polar surface area (TPSA) is 41.5 Å². The Hall–Kier alpha value is -1.06. The number of carbonyl (C=O) groups excluding carboxylic acids is 1. The van der Waals surface area contributed by atoms with Crippen LogP contribution in [0.1, 0.15) is 63.9 Å². The molecule has 0 radical (unpaired) electrons. The summed E-state index contributed by atoms with van der Waals surface area (Å²) in [4.78, 5) is 11.6. The fourth-order valence-electron chi connectivity index (χ4n) is 2.09. The number of benzene rings is 1. The number of nitrogens with zero attached hydrogens (tertiary/aromatic N) is 1. The number of unbranched alkanes of at least 4 members (excludes halogenated alkanes) is 6. The number of hydrazone groups is 1. The second kappa shape index (κ2) is 11.5. The van der Waals surface area contributed by atoms with Crippen LogP contribution in [0, 0.1) is 0 Å². The highest BCUT2D eigenvalue weighted by Gasteiger charge is 2.02. The van der Waals surface area contributed by atoms with E-state index in [1.54, 1.807) is 18.2 Å². The lowest BCUT2D eigenvalue weighted by molar-refractivity contribution is -0.121. The maximum atomic E-state index is 11.6. The molecular formula is C17H24Cl2N2O. The fraction of sp³-hybridized carbons (Fsp3) is 0.529. The minimum atomic E-state index is -0.0667. The van der Waals surface area contributed by atoms with Gasteiger partial charge in [0.15, 0.2) is 0 Å². The van der Waals surface area contributed by atoms with E-state index in [4.69, 9.17) is 23.2 Å². The highest BCUT2D eigenvalue weighted by atomic mass is 35.5. The predicted molar refractivity (Wildman–Crippen MR) is 94.8 cm³/mol. The lowest BCUT2D eigenvalue weighted by Gasteiger charge is -2.02. The van der Waals surface area contributed by atoms with Gasteiger partial charge in [-0.3, -0.25) is 4.79 Å². The van der Waals surface area contributed by atoms with Crippen molar-refractivity contribution in [3.8, 4) is 0 Å². The minimum absolute atomic E-state index is 0.0667. The van der Waals surface area contributed by atoms with Crippen LogP contribution in [-0.4, -0.2) is 12.1 Å². The molecule has 0 saturated carbocycles. The van der Waals surface area contributed by atoms with E-state index in [2.05, 4.69) is 17.5 Å². The van der Waals surface area contributed by atoms with Gasteiger partial charge in [-0.2, -0.15) is 5.10 Å². The van der Waals surface area contributed by atoms with E-state index in [0.29, 0.717) is 22.0 Å². The first-order valence-electron chi connectivity index (χ1n) is 7.91. The SMILES string of the molecule is CCCCCCCCCC(=O)N/N=C\c1cccc(Cl)c1Cl. The quantitative estimate of drug-likeness (QED) is 0.336. The number of nitrogens with one attached hydrogen (secondary N) is 1. The van der Waals surface area contributed by atoms with Gasteiger partial charge in [-0.25, -0.2) is 5.43 Å². The summed E-state index contributed by atoms with van der Waals surface area (Å²) in [7, 11) is 0. The third kappa shape index (κ3) is 7.81. The van der Waals surface area contributed by atoms with Gasteiger partial charge in [0.05, 0.1) is 16.3 Å². The molecule has 0 aliphatic rings. The summed E-state index contributed by atoms with van der Waals surface area (Å²) in [5, 5.41) is 4.83. The number of halogens is 2. The van der Waals surface area contributed by atoms with Crippen molar-refractivity contribution in [2.75, 3.05) is 0 Å². The maximum absolute atomic E-state index is 11.6. The summed E-state index contributed by atoms with van der Waals surface area (Å²) in [5.41, 5.74) is 3.20. The van der Waals surface area contributed by atoms with Crippen LogP contribution in [0.5, 0.6) is 0 Å². The van der Waals surface area contributed by atoms with Crippen molar-refractivity contribution < 1.29 is 4.79 Å². The molecule has 122 valence electrons. The number of carbonyl (C=O) groups is 1. The Morgan fingerprint density at radius 2 is 1.82 bits per heavy atom. The summed E-state index contributed by atoms with van der Waals surface area (Å²) in [6, 6.07) is 5.29. The van der Waals surface area contributed by atoms with Crippen LogP contribution in [0.2, 0.25) is 10.0 Å². The molecule has 0 atom stereocenters. The molecule has 0 fully saturated rings. The van der Waals surface area contributed by atoms with Gasteiger partial charge in [0.2, 0.25) is 5.91 Å². The normalized spacial score (nSPS) is 11.0. The Balaban J connectivity index is 2.17. The van der Waals surface area contributed by atoms with Gasteiger partial charge >= 0.3 is 0 Å². The number of amides is 1. The van der Waals surface area contributed by atoms with E-state index < -0.39 is 0 Å². The zero-order valence-corrected chi connectivity index (χ0v) is 14.6. The summed E-state index contributed by atoms with van der Waals surface area (Å²) in [6.07, 6.45) is 10.4. The van der Waals surface area contributed by atoms with Crippen LogP contribution in [0.25, 0.3) is 0 Å². The molecule has 0 aliphatic carbocycles. The molecule has 1 N–H and O–H groups in total. The first-order valence-corrected chi connectivity index (χ1v) is 8.66. The van der Waals surface area contributed by atoms with Gasteiger partial charge in [0.25, 0.3) is 0 Å². The predicted octanol–water partition coefficient (Wildman–Crippen LogP) is 5.58. The standard InChI is InChI=1S/C17H24Cl2N2O/c1-2-3-4-5-6-7-8-12-16(22)21-20-13-14-10-9-11-15(18)17(14)19/h9-11,13H,2-8,12H2,1H3,(H,21,22)/b20-13-. The Kier molecular flexibility index (Phi) is 9.93. The summed E-state index contributed by atoms with van der Waals surface area (Å²) in [6.45, 7) is 2.21. The lowest BCUT2D eigenvalue weighted by atomic mass is 10.1. The van der Waals surface area contributed by atoms with E-state index in [0.717, 1.165) is 12.8 Å². The van der Waals surface area contributed by atoms with Crippen molar-refractivity contribution >= 4 is 35.3 Å². The number of hydrogen-bond acceptors (Lipinski definition) is 2. The van der Waals surface area contributed by atoms with Crippen LogP contribution in [0.4, 0.5) is 0 Å². The molecule has 0 heterocycles. The molecule has 0 aromatic heterocycles. The lowest BCUT2D eigenvalue weighted by Crippen LogP contribution is -2.16. The van der Waals surface area contributed by atoms with Crippen molar-refractivity contribution in [2.45, 2.75) is 58.3 Å². The Morgan fingerprint density at radius 1 is 1.14 bits per heavy atom. The molecule has 3 nitrogen and oxygen atoms in total. The highest BCUT2D eigenvalue weighted by Crippen LogP contribution is 2.24. The van der Waals surface area contributed by atoms with Crippen LogP contribution in [-0.2, 0) is 4.79 Å². The van der Waals surface area contributed by atoms with E-state index in [-0.39, 0.29) is 5.91 Å². The van der Waals surface area contributed by atoms with Crippen LogP contribution in [0.15, 0.2) is 23.3 Å². The number of rotatable bonds is 10. The molecule has 0 spiro atoms. The molecule has 5 heteroatoms. The largest absolute Gasteiger partial charge is 0.273 e. The zero-order chi connectivity index (χ0) is 16.2. The molecule has 0 bridgehead atoms. The van der Waals surface area contributed by atoms with Gasteiger partial charge in [-0.15, -0.1) is 0 Å². The van der Waals surface area contributed by atoms with Gasteiger partial charge < -0.3 is 0 Å². The molecule has 1 rings (SSSR count). The minimum Gasteiger partial charge on any atom is -0.273 e. The molecular weight excluding hydrogens is 319 g/mol. The molecule has 1 amide bonds. The third-order valence-corrected chi connectivity index (χ3v) is 4.22. The molecule has 0 saturated heterocycles. The highest BCUT2D eigenvalue weighted by molar-refractivity contribution is 6.43. The van der Waals surface area contributed by atoms with E-state index in [1.165, 1.54) is 38.3 Å². The van der Waals surface area contributed by atoms with Crippen LogP contribution < -0.4 is 5.43 Å². The van der Waals surface area contributed by atoms with Crippen LogP contribution >= 0.6 is 23.2 Å². The van der Waals surface area contributed by atoms with E-state index in [1.807, 2.05) is 0 Å². The molecule has 1 aromatic rings. The van der Waals surface area contributed by atoms with Gasteiger partial charge in [-0.1, -0.05) is 80.8 Å². The first kappa shape index (κ1) is 19.0. The summed E-state index contributed by atoms with van der Waals surface area (Å²) < 4.78 is 0. The zero-order valence-electron chi connectivity index (χ0n) is 13.1. The third-order valence-electron chi connectivity index (χ3n) is 3.38. The van der Waals surface area contributed by atoms with Crippen molar-refractivity contribution in [2.24, 2.45) is 5.10 Å². The number of hydrogen-bond donors (Lipinski definition) is 1. The Labute approximate surface area is 143 Å². The Morgan fingerprint density at radius 3 is 2.55 bits per heavy atom. The monoisotopic (exact) mass is 342 g/mol. The second-order valence-electron chi connectivity index (χ2n) is 5.31. The van der Waals surface area contributed by atoms with Crippen LogP contribution in [0.3, 0.4) is 0 Å². The maximum Gasteiger partial charge on any atom is 0.240 e. The van der Waals surface area contributed by atoms with Crippen molar-refractivity contribution in [1.82, 2.24) is 5.43 Å². The Bertz CT molecular complexity index is 490. The molecule has 0 aliphatic heterocycles. The van der Waals surface area contributed by atoms with E-state index >= 15 is 0 Å².